The molecule has 0 fully saturated rings. The van der Waals surface area contributed by atoms with Crippen LogP contribution < -0.4 is 0 Å². The van der Waals surface area contributed by atoms with E-state index in [1.165, 1.54) is 12.1 Å². The molecule has 12 heavy (non-hydrogen) atoms. The summed E-state index contributed by atoms with van der Waals surface area (Å²) in [5.41, 5.74) is 0.748. The molecule has 0 bridgehead atoms. The van der Waals surface area contributed by atoms with E-state index in [2.05, 4.69) is 6.92 Å². The maximum absolute atomic E-state index is 9.34. The summed E-state index contributed by atoms with van der Waals surface area (Å²) in [5.74, 6) is 0.643. The van der Waals surface area contributed by atoms with Gasteiger partial charge in [0.1, 0.15) is 11.5 Å². The minimum atomic E-state index is 0.184. The molecule has 0 spiro atoms. The molecule has 0 aliphatic heterocycles. The van der Waals surface area contributed by atoms with Gasteiger partial charge < -0.3 is 10.2 Å². The minimum Gasteiger partial charge on any atom is -0.508 e. The zero-order chi connectivity index (χ0) is 9.14. The van der Waals surface area contributed by atoms with Crippen molar-refractivity contribution in [1.82, 2.24) is 0 Å². The van der Waals surface area contributed by atoms with E-state index in [4.69, 9.17) is 5.11 Å². The lowest BCUT2D eigenvalue weighted by molar-refractivity contribution is 0.451. The van der Waals surface area contributed by atoms with Crippen LogP contribution in [0.3, 0.4) is 0 Å². The van der Waals surface area contributed by atoms with Gasteiger partial charge in [-0.15, -0.1) is 0 Å². The number of rotatable bonds is 2. The number of hydrogen-bond donors (Lipinski definition) is 2. The zero-order valence-corrected chi connectivity index (χ0v) is 7.12. The molecule has 1 rings (SSSR count). The van der Waals surface area contributed by atoms with Gasteiger partial charge in [0.15, 0.2) is 0 Å². The Labute approximate surface area is 72.5 Å². The Morgan fingerprint density at radius 1 is 1.42 bits per heavy atom. The molecule has 1 aromatic rings. The Morgan fingerprint density at radius 3 is 2.67 bits per heavy atom. The van der Waals surface area contributed by atoms with Crippen LogP contribution in [0, 0.1) is 12.8 Å². The van der Waals surface area contributed by atoms with Gasteiger partial charge >= 0.3 is 0 Å². The van der Waals surface area contributed by atoms with Crippen LogP contribution in [0.1, 0.15) is 12.5 Å². The second-order valence-electron chi connectivity index (χ2n) is 3.12. The van der Waals surface area contributed by atoms with E-state index in [1.807, 2.05) is 6.92 Å². The molecule has 65 valence electrons. The van der Waals surface area contributed by atoms with E-state index in [1.54, 1.807) is 6.07 Å². The molecule has 0 aliphatic rings. The smallest absolute Gasteiger partial charge is 0.119 e. The molecule has 0 saturated heterocycles. The third-order valence-corrected chi connectivity index (χ3v) is 1.63. The van der Waals surface area contributed by atoms with Gasteiger partial charge in [-0.2, -0.15) is 0 Å². The highest BCUT2D eigenvalue weighted by atomic mass is 16.3. The normalized spacial score (nSPS) is 10.6. The van der Waals surface area contributed by atoms with Crippen LogP contribution >= 0.6 is 0 Å². The molecule has 1 unspecified atom stereocenters. The molecular weight excluding hydrogens is 152 g/mol. The van der Waals surface area contributed by atoms with Crippen molar-refractivity contribution < 1.29 is 10.2 Å². The number of aromatic hydroxyl groups is 2. The predicted octanol–water partition coefficient (Wildman–Crippen LogP) is 2.11. The standard InChI is InChI=1S/C10H13O2/c1-7(2)5-8-6-9(11)3-4-10(8)12/h3-4,6-7,11-12H,1,5H2,2H3. The Balaban J connectivity index is 2.90. The molecule has 0 aliphatic carbocycles. The molecule has 0 heterocycles. The molecule has 2 N–H and O–H groups in total. The number of benzene rings is 1. The van der Waals surface area contributed by atoms with Crippen molar-refractivity contribution >= 4 is 0 Å². The van der Waals surface area contributed by atoms with Crippen LogP contribution in [0.5, 0.6) is 11.5 Å². The van der Waals surface area contributed by atoms with Gasteiger partial charge in [-0.05, 0) is 36.1 Å². The lowest BCUT2D eigenvalue weighted by atomic mass is 10.0. The van der Waals surface area contributed by atoms with Crippen LogP contribution in [0.4, 0.5) is 0 Å². The fraction of sp³-hybridized carbons (Fsp3) is 0.300. The summed E-state index contributed by atoms with van der Waals surface area (Å²) in [6.45, 7) is 5.77. The van der Waals surface area contributed by atoms with Gasteiger partial charge in [0.2, 0.25) is 0 Å². The van der Waals surface area contributed by atoms with Gasteiger partial charge in [-0.3, -0.25) is 0 Å². The first-order valence-electron chi connectivity index (χ1n) is 3.93. The van der Waals surface area contributed by atoms with Crippen LogP contribution in [-0.2, 0) is 6.42 Å². The highest BCUT2D eigenvalue weighted by Crippen LogP contribution is 2.24. The summed E-state index contributed by atoms with van der Waals surface area (Å²) in [6, 6.07) is 4.52. The summed E-state index contributed by atoms with van der Waals surface area (Å²) >= 11 is 0. The van der Waals surface area contributed by atoms with Crippen molar-refractivity contribution in [3.63, 3.8) is 0 Å². The molecule has 2 heteroatoms. The first-order chi connectivity index (χ1) is 5.59. The van der Waals surface area contributed by atoms with Crippen LogP contribution in [0.2, 0.25) is 0 Å². The highest BCUT2D eigenvalue weighted by Gasteiger charge is 2.04. The lowest BCUT2D eigenvalue weighted by Gasteiger charge is -2.06. The molecular formula is C10H13O2. The summed E-state index contributed by atoms with van der Waals surface area (Å²) in [5, 5.41) is 18.5. The molecule has 0 saturated carbocycles. The average molecular weight is 165 g/mol. The molecule has 1 aromatic carbocycles. The van der Waals surface area contributed by atoms with E-state index in [9.17, 15) is 5.11 Å². The third kappa shape index (κ3) is 2.16. The van der Waals surface area contributed by atoms with Crippen molar-refractivity contribution in [1.29, 1.82) is 0 Å². The number of hydrogen-bond acceptors (Lipinski definition) is 2. The van der Waals surface area contributed by atoms with Gasteiger partial charge in [-0.1, -0.05) is 13.8 Å². The molecule has 1 radical (unpaired) electrons. The quantitative estimate of drug-likeness (QED) is 0.659. The van der Waals surface area contributed by atoms with E-state index in [-0.39, 0.29) is 17.4 Å². The first-order valence-corrected chi connectivity index (χ1v) is 3.93. The Bertz CT molecular complexity index is 267. The predicted molar refractivity (Wildman–Crippen MR) is 48.0 cm³/mol. The largest absolute Gasteiger partial charge is 0.508 e. The Hall–Kier alpha value is -1.18. The van der Waals surface area contributed by atoms with Gasteiger partial charge in [0.05, 0.1) is 0 Å². The summed E-state index contributed by atoms with van der Waals surface area (Å²) in [4.78, 5) is 0. The van der Waals surface area contributed by atoms with Gasteiger partial charge in [0.25, 0.3) is 0 Å². The maximum Gasteiger partial charge on any atom is 0.119 e. The van der Waals surface area contributed by atoms with E-state index >= 15 is 0 Å². The van der Waals surface area contributed by atoms with E-state index in [0.29, 0.717) is 6.42 Å². The van der Waals surface area contributed by atoms with Crippen molar-refractivity contribution in [2.24, 2.45) is 5.92 Å². The summed E-state index contributed by atoms with van der Waals surface area (Å²) < 4.78 is 0. The van der Waals surface area contributed by atoms with Crippen LogP contribution in [-0.4, -0.2) is 10.2 Å². The summed E-state index contributed by atoms with van der Waals surface area (Å²) in [6.07, 6.45) is 0.681. The topological polar surface area (TPSA) is 40.5 Å². The second-order valence-corrected chi connectivity index (χ2v) is 3.12. The van der Waals surface area contributed by atoms with Gasteiger partial charge in [-0.25, -0.2) is 0 Å². The molecule has 0 amide bonds. The monoisotopic (exact) mass is 165 g/mol. The van der Waals surface area contributed by atoms with Crippen LogP contribution in [0.15, 0.2) is 18.2 Å². The number of phenols is 2. The molecule has 2 nitrogen and oxygen atoms in total. The van der Waals surface area contributed by atoms with Crippen molar-refractivity contribution in [2.45, 2.75) is 13.3 Å². The summed E-state index contributed by atoms with van der Waals surface area (Å²) in [7, 11) is 0. The van der Waals surface area contributed by atoms with E-state index < -0.39 is 0 Å². The fourth-order valence-electron chi connectivity index (χ4n) is 1.11. The first kappa shape index (κ1) is 8.91. The second kappa shape index (κ2) is 3.48. The van der Waals surface area contributed by atoms with E-state index in [0.717, 1.165) is 5.56 Å². The third-order valence-electron chi connectivity index (χ3n) is 1.63. The van der Waals surface area contributed by atoms with Crippen molar-refractivity contribution in [3.8, 4) is 11.5 Å². The molecule has 0 aromatic heterocycles. The Kier molecular flexibility index (Phi) is 2.58. The van der Waals surface area contributed by atoms with Gasteiger partial charge in [0, 0.05) is 0 Å². The van der Waals surface area contributed by atoms with Crippen LogP contribution in [0.25, 0.3) is 0 Å². The highest BCUT2D eigenvalue weighted by molar-refractivity contribution is 5.38. The average Bonchev–Trinajstić information content (AvgIpc) is 1.96. The van der Waals surface area contributed by atoms with Crippen molar-refractivity contribution in [2.75, 3.05) is 0 Å². The number of phenolic OH excluding ortho intramolecular Hbond substituents is 2. The SMILES string of the molecule is [CH2]C(C)Cc1cc(O)ccc1O. The zero-order valence-electron chi connectivity index (χ0n) is 7.12. The lowest BCUT2D eigenvalue weighted by Crippen LogP contribution is -1.94. The maximum atomic E-state index is 9.34. The van der Waals surface area contributed by atoms with Crippen molar-refractivity contribution in [3.05, 3.63) is 30.7 Å². The minimum absolute atomic E-state index is 0.184. The Morgan fingerprint density at radius 2 is 2.08 bits per heavy atom. The fourth-order valence-corrected chi connectivity index (χ4v) is 1.11. The molecule has 1 atom stereocenters.